The highest BCUT2D eigenvalue weighted by atomic mass is 32.2. The molecular weight excluding hydrogens is 280 g/mol. The van der Waals surface area contributed by atoms with Crippen LogP contribution in [0.25, 0.3) is 0 Å². The number of amides is 2. The molecule has 3 unspecified atom stereocenters. The van der Waals surface area contributed by atoms with E-state index in [9.17, 15) is 14.7 Å². The fourth-order valence-electron chi connectivity index (χ4n) is 2.15. The molecule has 0 aromatic carbocycles. The average Bonchev–Trinajstić information content (AvgIpc) is 2.81. The molecule has 2 N–H and O–H groups in total. The summed E-state index contributed by atoms with van der Waals surface area (Å²) >= 11 is 1.52. The van der Waals surface area contributed by atoms with Crippen LogP contribution in [0.5, 0.6) is 0 Å². The molecule has 0 bridgehead atoms. The largest absolute Gasteiger partial charge is 0.480 e. The van der Waals surface area contributed by atoms with Gasteiger partial charge in [-0.25, -0.2) is 9.59 Å². The average molecular weight is 304 g/mol. The molecule has 7 heteroatoms. The standard InChI is InChI=1S/C13H24N2O4S/c1-5-19-9(4)6-14-13(18)15-10(12(16)17)7-20-11(15)8(2)3/h8-11H,5-7H2,1-4H3,(H,14,18)(H,16,17). The molecule has 116 valence electrons. The summed E-state index contributed by atoms with van der Waals surface area (Å²) in [4.78, 5) is 25.0. The number of nitrogens with one attached hydrogen (secondary N) is 1. The highest BCUT2D eigenvalue weighted by Crippen LogP contribution is 2.33. The van der Waals surface area contributed by atoms with Crippen LogP contribution in [0.4, 0.5) is 4.79 Å². The van der Waals surface area contributed by atoms with Crippen molar-refractivity contribution in [1.82, 2.24) is 10.2 Å². The van der Waals surface area contributed by atoms with Crippen molar-refractivity contribution in [2.45, 2.75) is 45.2 Å². The number of carbonyl (C=O) groups excluding carboxylic acids is 1. The molecule has 3 atom stereocenters. The summed E-state index contributed by atoms with van der Waals surface area (Å²) in [6.45, 7) is 8.71. The van der Waals surface area contributed by atoms with Crippen LogP contribution in [-0.2, 0) is 9.53 Å². The summed E-state index contributed by atoms with van der Waals surface area (Å²) in [6, 6.07) is -1.08. The SMILES string of the molecule is CCOC(C)CNC(=O)N1C(C(=O)O)CSC1C(C)C. The first-order chi connectivity index (χ1) is 9.38. The lowest BCUT2D eigenvalue weighted by Gasteiger charge is -2.30. The fourth-order valence-corrected chi connectivity index (χ4v) is 3.63. The van der Waals surface area contributed by atoms with Crippen molar-refractivity contribution in [2.75, 3.05) is 18.9 Å². The van der Waals surface area contributed by atoms with Crippen LogP contribution in [0.2, 0.25) is 0 Å². The minimum Gasteiger partial charge on any atom is -0.480 e. The third-order valence-electron chi connectivity index (χ3n) is 3.12. The summed E-state index contributed by atoms with van der Waals surface area (Å²) in [5, 5.41) is 11.9. The predicted octanol–water partition coefficient (Wildman–Crippen LogP) is 1.61. The normalized spacial score (nSPS) is 23.9. The number of thioether (sulfide) groups is 1. The number of carbonyl (C=O) groups is 2. The highest BCUT2D eigenvalue weighted by Gasteiger charge is 2.42. The lowest BCUT2D eigenvalue weighted by molar-refractivity contribution is -0.141. The van der Waals surface area contributed by atoms with Crippen molar-refractivity contribution in [3.63, 3.8) is 0 Å². The molecule has 0 aliphatic carbocycles. The van der Waals surface area contributed by atoms with Gasteiger partial charge < -0.3 is 15.2 Å². The number of carboxylic acid groups (broad SMARTS) is 1. The second-order valence-electron chi connectivity index (χ2n) is 5.18. The van der Waals surface area contributed by atoms with Crippen LogP contribution in [0.15, 0.2) is 0 Å². The minimum atomic E-state index is -0.950. The van der Waals surface area contributed by atoms with Crippen LogP contribution >= 0.6 is 11.8 Å². The Labute approximate surface area is 124 Å². The predicted molar refractivity (Wildman–Crippen MR) is 78.8 cm³/mol. The number of rotatable bonds is 6. The summed E-state index contributed by atoms with van der Waals surface area (Å²) in [5.74, 6) is -0.305. The van der Waals surface area contributed by atoms with Gasteiger partial charge in [-0.15, -0.1) is 11.8 Å². The van der Waals surface area contributed by atoms with Gasteiger partial charge in [0.25, 0.3) is 0 Å². The summed E-state index contributed by atoms with van der Waals surface area (Å²) in [7, 11) is 0. The van der Waals surface area contributed by atoms with E-state index in [1.165, 1.54) is 16.7 Å². The Kier molecular flexibility index (Phi) is 6.61. The second-order valence-corrected chi connectivity index (χ2v) is 6.33. The van der Waals surface area contributed by atoms with Gasteiger partial charge in [-0.05, 0) is 19.8 Å². The first-order valence-electron chi connectivity index (χ1n) is 6.90. The van der Waals surface area contributed by atoms with Crippen LogP contribution in [0.1, 0.15) is 27.7 Å². The number of aliphatic carboxylic acids is 1. The molecule has 0 aromatic heterocycles. The minimum absolute atomic E-state index is 0.0833. The molecule has 1 rings (SSSR count). The van der Waals surface area contributed by atoms with Gasteiger partial charge in [-0.3, -0.25) is 4.90 Å². The molecule has 0 aromatic rings. The first-order valence-corrected chi connectivity index (χ1v) is 7.95. The van der Waals surface area contributed by atoms with Crippen LogP contribution < -0.4 is 5.32 Å². The Morgan fingerprint density at radius 1 is 1.45 bits per heavy atom. The number of hydrogen-bond acceptors (Lipinski definition) is 4. The van der Waals surface area contributed by atoms with E-state index in [0.29, 0.717) is 18.9 Å². The smallest absolute Gasteiger partial charge is 0.327 e. The molecule has 1 heterocycles. The molecule has 1 aliphatic heterocycles. The van der Waals surface area contributed by atoms with Crippen LogP contribution in [0, 0.1) is 5.92 Å². The first kappa shape index (κ1) is 17.1. The number of urea groups is 1. The summed E-state index contributed by atoms with van der Waals surface area (Å²) < 4.78 is 5.35. The van der Waals surface area contributed by atoms with E-state index in [2.05, 4.69) is 5.32 Å². The maximum Gasteiger partial charge on any atom is 0.327 e. The number of carboxylic acids is 1. The molecule has 0 radical (unpaired) electrons. The Bertz CT molecular complexity index is 351. The Morgan fingerprint density at radius 2 is 2.10 bits per heavy atom. The lowest BCUT2D eigenvalue weighted by Crippen LogP contribution is -2.52. The van der Waals surface area contributed by atoms with Gasteiger partial charge in [0.05, 0.1) is 11.5 Å². The summed E-state index contributed by atoms with van der Waals surface area (Å²) in [6.07, 6.45) is -0.0833. The van der Waals surface area contributed by atoms with Crippen LogP contribution in [-0.4, -0.2) is 58.4 Å². The highest BCUT2D eigenvalue weighted by molar-refractivity contribution is 8.00. The second kappa shape index (κ2) is 7.73. The Morgan fingerprint density at radius 3 is 2.60 bits per heavy atom. The third-order valence-corrected chi connectivity index (χ3v) is 4.74. The fraction of sp³-hybridized carbons (Fsp3) is 0.846. The van der Waals surface area contributed by atoms with E-state index < -0.39 is 12.0 Å². The number of nitrogens with zero attached hydrogens (tertiary/aromatic N) is 1. The van der Waals surface area contributed by atoms with E-state index >= 15 is 0 Å². The molecule has 1 aliphatic rings. The van der Waals surface area contributed by atoms with Crippen molar-refractivity contribution in [3.8, 4) is 0 Å². The van der Waals surface area contributed by atoms with Gasteiger partial charge >= 0.3 is 12.0 Å². The third kappa shape index (κ3) is 4.28. The van der Waals surface area contributed by atoms with Crippen LogP contribution in [0.3, 0.4) is 0 Å². The van der Waals surface area contributed by atoms with Gasteiger partial charge in [-0.2, -0.15) is 0 Å². The lowest BCUT2D eigenvalue weighted by atomic mass is 10.2. The zero-order valence-electron chi connectivity index (χ0n) is 12.5. The van der Waals surface area contributed by atoms with Crippen molar-refractivity contribution in [2.24, 2.45) is 5.92 Å². The molecule has 1 saturated heterocycles. The molecular formula is C13H24N2O4S. The molecule has 0 spiro atoms. The molecule has 1 fully saturated rings. The quantitative estimate of drug-likeness (QED) is 0.779. The van der Waals surface area contributed by atoms with E-state index in [1.807, 2.05) is 27.7 Å². The number of ether oxygens (including phenoxy) is 1. The van der Waals surface area contributed by atoms with Gasteiger partial charge in [-0.1, -0.05) is 13.8 Å². The maximum atomic E-state index is 12.3. The van der Waals surface area contributed by atoms with E-state index in [4.69, 9.17) is 4.74 Å². The van der Waals surface area contributed by atoms with Gasteiger partial charge in [0, 0.05) is 18.9 Å². The molecule has 6 nitrogen and oxygen atoms in total. The topological polar surface area (TPSA) is 78.9 Å². The molecule has 0 saturated carbocycles. The molecule has 2 amide bonds. The van der Waals surface area contributed by atoms with E-state index in [1.54, 1.807) is 0 Å². The Hall–Kier alpha value is -0.950. The van der Waals surface area contributed by atoms with Gasteiger partial charge in [0.1, 0.15) is 6.04 Å². The van der Waals surface area contributed by atoms with E-state index in [0.717, 1.165) is 0 Å². The number of hydrogen-bond donors (Lipinski definition) is 2. The molecule has 20 heavy (non-hydrogen) atoms. The van der Waals surface area contributed by atoms with E-state index in [-0.39, 0.29) is 23.4 Å². The zero-order chi connectivity index (χ0) is 15.3. The summed E-state index contributed by atoms with van der Waals surface area (Å²) in [5.41, 5.74) is 0. The van der Waals surface area contributed by atoms with Gasteiger partial charge in [0.15, 0.2) is 0 Å². The monoisotopic (exact) mass is 304 g/mol. The van der Waals surface area contributed by atoms with Gasteiger partial charge in [0.2, 0.25) is 0 Å². The zero-order valence-corrected chi connectivity index (χ0v) is 13.3. The van der Waals surface area contributed by atoms with Crippen molar-refractivity contribution in [1.29, 1.82) is 0 Å². The van der Waals surface area contributed by atoms with Crippen molar-refractivity contribution in [3.05, 3.63) is 0 Å². The van der Waals surface area contributed by atoms with Crippen molar-refractivity contribution < 1.29 is 19.4 Å². The van der Waals surface area contributed by atoms with Crippen molar-refractivity contribution >= 4 is 23.8 Å². The maximum absolute atomic E-state index is 12.3. The Balaban J connectivity index is 2.67.